The quantitative estimate of drug-likeness (QED) is 0.211. The topological polar surface area (TPSA) is 78.3 Å². The molecule has 1 heterocycles. The van der Waals surface area contributed by atoms with E-state index in [-0.39, 0.29) is 16.8 Å². The van der Waals surface area contributed by atoms with Gasteiger partial charge >= 0.3 is 5.97 Å². The van der Waals surface area contributed by atoms with Crippen LogP contribution in [0, 0.1) is 5.92 Å². The van der Waals surface area contributed by atoms with Crippen molar-refractivity contribution >= 4 is 39.0 Å². The molecule has 0 bridgehead atoms. The van der Waals surface area contributed by atoms with Crippen molar-refractivity contribution in [3.8, 4) is 33.8 Å². The van der Waals surface area contributed by atoms with E-state index in [2.05, 4.69) is 0 Å². The van der Waals surface area contributed by atoms with E-state index < -0.39 is 9.84 Å². The van der Waals surface area contributed by atoms with E-state index in [4.69, 9.17) is 32.9 Å². The Morgan fingerprint density at radius 3 is 2.42 bits per heavy atom. The number of halogens is 2. The summed E-state index contributed by atoms with van der Waals surface area (Å²) in [6.07, 6.45) is 9.58. The molecule has 0 amide bonds. The number of hydrogen-bond acceptors (Lipinski definition) is 5. The minimum Gasteiger partial charge on any atom is -0.469 e. The Balaban J connectivity index is 1.50. The molecule has 40 heavy (non-hydrogen) atoms. The van der Waals surface area contributed by atoms with Gasteiger partial charge in [0.25, 0.3) is 0 Å². The van der Waals surface area contributed by atoms with E-state index in [0.717, 1.165) is 33.7 Å². The average molecular weight is 594 g/mol. The van der Waals surface area contributed by atoms with Crippen molar-refractivity contribution in [3.05, 3.63) is 107 Å². The normalized spacial score (nSPS) is 15.1. The molecule has 0 spiro atoms. The Kier molecular flexibility index (Phi) is 7.99. The van der Waals surface area contributed by atoms with Crippen molar-refractivity contribution in [1.82, 2.24) is 9.55 Å². The van der Waals surface area contributed by atoms with Gasteiger partial charge in [0, 0.05) is 35.1 Å². The Labute approximate surface area is 243 Å². The number of rotatable bonds is 7. The molecule has 0 radical (unpaired) electrons. The summed E-state index contributed by atoms with van der Waals surface area (Å²) in [5.74, 6) is 0.201. The van der Waals surface area contributed by atoms with Crippen LogP contribution < -0.4 is 0 Å². The first kappa shape index (κ1) is 27.9. The third-order valence-corrected chi connectivity index (χ3v) is 8.41. The van der Waals surface area contributed by atoms with Crippen LogP contribution in [-0.2, 0) is 25.9 Å². The molecule has 5 rings (SSSR count). The van der Waals surface area contributed by atoms with Crippen LogP contribution in [0.15, 0.2) is 102 Å². The third-order valence-electron chi connectivity index (χ3n) is 6.76. The van der Waals surface area contributed by atoms with E-state index >= 15 is 0 Å². The lowest BCUT2D eigenvalue weighted by atomic mass is 9.96. The van der Waals surface area contributed by atoms with E-state index in [9.17, 15) is 13.2 Å². The van der Waals surface area contributed by atoms with Gasteiger partial charge in [-0.2, -0.15) is 0 Å². The van der Waals surface area contributed by atoms with Gasteiger partial charge in [0.15, 0.2) is 9.84 Å². The molecule has 1 unspecified atom stereocenters. The third kappa shape index (κ3) is 6.07. The molecule has 6 nitrogen and oxygen atoms in total. The van der Waals surface area contributed by atoms with Crippen LogP contribution >= 0.6 is 23.2 Å². The second kappa shape index (κ2) is 11.5. The molecule has 204 valence electrons. The molecule has 0 saturated carbocycles. The number of carbonyl (C=O) groups excluding carboxylic acids is 1. The van der Waals surface area contributed by atoms with E-state index in [1.165, 1.54) is 13.4 Å². The second-order valence-electron chi connectivity index (χ2n) is 9.58. The number of imidazole rings is 1. The zero-order chi connectivity index (χ0) is 28.4. The van der Waals surface area contributed by atoms with Crippen molar-refractivity contribution in [3.63, 3.8) is 0 Å². The van der Waals surface area contributed by atoms with Crippen LogP contribution in [0.4, 0.5) is 0 Å². The molecule has 1 aliphatic rings. The number of esters is 1. The number of sulfone groups is 1. The van der Waals surface area contributed by atoms with Gasteiger partial charge in [-0.1, -0.05) is 77.8 Å². The van der Waals surface area contributed by atoms with E-state index in [1.807, 2.05) is 65.4 Å². The van der Waals surface area contributed by atoms with Gasteiger partial charge in [-0.15, -0.1) is 0 Å². The van der Waals surface area contributed by atoms with Gasteiger partial charge in [0.05, 0.1) is 28.6 Å². The largest absolute Gasteiger partial charge is 0.469 e. The molecule has 9 heteroatoms. The number of hydrogen-bond donors (Lipinski definition) is 0. The van der Waals surface area contributed by atoms with Crippen LogP contribution in [0.2, 0.25) is 10.0 Å². The first-order valence-corrected chi connectivity index (χ1v) is 15.2. The number of methoxy groups -OCH3 is 1. The van der Waals surface area contributed by atoms with Crippen molar-refractivity contribution < 1.29 is 17.9 Å². The van der Waals surface area contributed by atoms with E-state index in [0.29, 0.717) is 28.7 Å². The summed E-state index contributed by atoms with van der Waals surface area (Å²) in [4.78, 5) is 17.1. The fourth-order valence-corrected chi connectivity index (χ4v) is 5.79. The number of aromatic nitrogens is 2. The fourth-order valence-electron chi connectivity index (χ4n) is 4.62. The summed E-state index contributed by atoms with van der Waals surface area (Å²) in [6.45, 7) is 0.538. The number of nitrogens with zero attached hydrogens (tertiary/aromatic N) is 2. The Hall–Kier alpha value is -3.65. The van der Waals surface area contributed by atoms with Crippen molar-refractivity contribution in [2.75, 3.05) is 13.4 Å². The Morgan fingerprint density at radius 2 is 1.77 bits per heavy atom. The minimum absolute atomic E-state index is 0.253. The highest BCUT2D eigenvalue weighted by molar-refractivity contribution is 7.90. The highest BCUT2D eigenvalue weighted by Gasteiger charge is 2.20. The van der Waals surface area contributed by atoms with Crippen LogP contribution in [-0.4, -0.2) is 37.3 Å². The standard InChI is InChI=1S/C31H26Cl2N2O4S/c1-39-31(36)23-8-6-20(7-9-23)18-35-19-29(27-15-14-25(32)17-28(27)33)34-30(35)22-12-10-21(11-13-22)24-4-3-5-26(16-24)40(2,37)38/h3-8,10-17,19,23H,9,18H2,1-2H3. The second-order valence-corrected chi connectivity index (χ2v) is 12.4. The van der Waals surface area contributed by atoms with Gasteiger partial charge in [-0.05, 0) is 53.5 Å². The van der Waals surface area contributed by atoms with Crippen molar-refractivity contribution in [2.45, 2.75) is 17.9 Å². The van der Waals surface area contributed by atoms with Crippen LogP contribution in [0.25, 0.3) is 33.8 Å². The predicted octanol–water partition coefficient (Wildman–Crippen LogP) is 7.27. The van der Waals surface area contributed by atoms with Gasteiger partial charge in [0.1, 0.15) is 5.82 Å². The van der Waals surface area contributed by atoms with Crippen molar-refractivity contribution in [2.24, 2.45) is 5.92 Å². The molecule has 1 aliphatic carbocycles. The lowest BCUT2D eigenvalue weighted by molar-refractivity contribution is -0.143. The number of ether oxygens (including phenoxy) is 1. The summed E-state index contributed by atoms with van der Waals surface area (Å²) in [7, 11) is -1.92. The first-order chi connectivity index (χ1) is 19.1. The smallest absolute Gasteiger partial charge is 0.312 e. The monoisotopic (exact) mass is 592 g/mol. The maximum Gasteiger partial charge on any atom is 0.312 e. The molecule has 0 N–H and O–H groups in total. The zero-order valence-electron chi connectivity index (χ0n) is 21.8. The lowest BCUT2D eigenvalue weighted by Gasteiger charge is -2.15. The Bertz CT molecular complexity index is 1760. The van der Waals surface area contributed by atoms with Crippen LogP contribution in [0.1, 0.15) is 6.42 Å². The summed E-state index contributed by atoms with van der Waals surface area (Å²) < 4.78 is 31.0. The maximum absolute atomic E-state index is 12.0. The summed E-state index contributed by atoms with van der Waals surface area (Å²) in [5, 5.41) is 1.05. The number of carbonyl (C=O) groups is 1. The maximum atomic E-state index is 12.0. The van der Waals surface area contributed by atoms with Crippen molar-refractivity contribution in [1.29, 1.82) is 0 Å². The van der Waals surface area contributed by atoms with Gasteiger partial charge in [-0.25, -0.2) is 13.4 Å². The number of allylic oxidation sites excluding steroid dienone is 3. The van der Waals surface area contributed by atoms with Gasteiger partial charge in [0.2, 0.25) is 0 Å². The SMILES string of the molecule is COC(=O)C1C=CC(Cn2cc(-c3ccc(Cl)cc3Cl)nc2-c2ccc(-c3cccc(S(C)(=O)=O)c3)cc2)=CC1. The number of benzene rings is 3. The predicted molar refractivity (Wildman–Crippen MR) is 159 cm³/mol. The minimum atomic E-state index is -3.31. The molecule has 1 atom stereocenters. The molecule has 0 saturated heterocycles. The van der Waals surface area contributed by atoms with Gasteiger partial charge in [-0.3, -0.25) is 4.79 Å². The molecule has 0 aliphatic heterocycles. The van der Waals surface area contributed by atoms with Gasteiger partial charge < -0.3 is 9.30 Å². The molecular formula is C31H26Cl2N2O4S. The molecule has 0 fully saturated rings. The lowest BCUT2D eigenvalue weighted by Crippen LogP contribution is -2.15. The highest BCUT2D eigenvalue weighted by atomic mass is 35.5. The summed E-state index contributed by atoms with van der Waals surface area (Å²) in [6, 6.07) is 20.0. The van der Waals surface area contributed by atoms with Crippen LogP contribution in [0.3, 0.4) is 0 Å². The zero-order valence-corrected chi connectivity index (χ0v) is 24.2. The molecule has 4 aromatic rings. The average Bonchev–Trinajstić information content (AvgIpc) is 3.36. The molecule has 1 aromatic heterocycles. The molecular weight excluding hydrogens is 567 g/mol. The summed E-state index contributed by atoms with van der Waals surface area (Å²) >= 11 is 12.6. The summed E-state index contributed by atoms with van der Waals surface area (Å²) in [5.41, 5.74) is 5.09. The van der Waals surface area contributed by atoms with E-state index in [1.54, 1.807) is 30.3 Å². The Morgan fingerprint density at radius 1 is 1.02 bits per heavy atom. The highest BCUT2D eigenvalue weighted by Crippen LogP contribution is 2.33. The van der Waals surface area contributed by atoms with Crippen LogP contribution in [0.5, 0.6) is 0 Å². The molecule has 3 aromatic carbocycles. The first-order valence-electron chi connectivity index (χ1n) is 12.5. The fraction of sp³-hybridized carbons (Fsp3) is 0.161.